The summed E-state index contributed by atoms with van der Waals surface area (Å²) in [6, 6.07) is 3.21. The Balaban J connectivity index is 3.38. The Bertz CT molecular complexity index is 356. The van der Waals surface area contributed by atoms with Crippen LogP contribution in [-0.2, 0) is 0 Å². The molecule has 1 aromatic rings. The summed E-state index contributed by atoms with van der Waals surface area (Å²) in [6.45, 7) is 0. The van der Waals surface area contributed by atoms with Crippen LogP contribution in [0.1, 0.15) is 0 Å². The Morgan fingerprint density at radius 3 is 2.69 bits per heavy atom. The van der Waals surface area contributed by atoms with Crippen LogP contribution in [-0.4, -0.2) is 12.0 Å². The molecule has 0 aromatic heterocycles. The van der Waals surface area contributed by atoms with E-state index in [-0.39, 0.29) is 11.4 Å². The van der Waals surface area contributed by atoms with Gasteiger partial charge in [-0.1, -0.05) is 0 Å². The lowest BCUT2D eigenvalue weighted by Gasteiger charge is -2.03. The van der Waals surface area contributed by atoms with Crippen LogP contribution in [0.3, 0.4) is 0 Å². The van der Waals surface area contributed by atoms with Crippen molar-refractivity contribution in [2.24, 2.45) is 0 Å². The van der Waals surface area contributed by atoms with Gasteiger partial charge in [0.2, 0.25) is 0 Å². The molecule has 0 atom stereocenters. The zero-order valence-electron chi connectivity index (χ0n) is 6.65. The number of nitro benzene ring substituents is 1. The van der Waals surface area contributed by atoms with E-state index in [0.29, 0.717) is 4.90 Å². The van der Waals surface area contributed by atoms with Crippen LogP contribution in [0.15, 0.2) is 17.0 Å². The summed E-state index contributed by atoms with van der Waals surface area (Å²) in [5, 5.41) is 10.6. The number of methoxy groups -OCH3 is 1. The largest absolute Gasteiger partial charge is 0.490 e. The summed E-state index contributed by atoms with van der Waals surface area (Å²) in [5.41, 5.74) is -0.0914. The predicted molar refractivity (Wildman–Crippen MR) is 59.6 cm³/mol. The molecule has 6 heteroatoms. The summed E-state index contributed by atoms with van der Waals surface area (Å²) in [5.74, 6) is 0.238. The first-order valence-corrected chi connectivity index (χ1v) is 4.79. The highest BCUT2D eigenvalue weighted by atomic mass is 127. The number of hydrogen-bond acceptors (Lipinski definition) is 4. The van der Waals surface area contributed by atoms with E-state index in [4.69, 9.17) is 4.74 Å². The Kier molecular flexibility index (Phi) is 3.37. The van der Waals surface area contributed by atoms with Crippen molar-refractivity contribution in [3.8, 4) is 5.75 Å². The molecule has 0 bridgehead atoms. The van der Waals surface area contributed by atoms with E-state index in [0.717, 1.165) is 3.57 Å². The zero-order valence-corrected chi connectivity index (χ0v) is 9.70. The molecule has 4 nitrogen and oxygen atoms in total. The predicted octanol–water partition coefficient (Wildman–Crippen LogP) is 2.50. The van der Waals surface area contributed by atoms with Crippen molar-refractivity contribution >= 4 is 40.9 Å². The van der Waals surface area contributed by atoms with E-state index >= 15 is 0 Å². The molecule has 13 heavy (non-hydrogen) atoms. The molecule has 0 fully saturated rings. The lowest BCUT2D eigenvalue weighted by molar-refractivity contribution is -0.388. The van der Waals surface area contributed by atoms with Gasteiger partial charge in [0.15, 0.2) is 5.75 Å². The van der Waals surface area contributed by atoms with Gasteiger partial charge in [-0.15, -0.1) is 12.6 Å². The normalized spacial score (nSPS) is 9.77. The van der Waals surface area contributed by atoms with Crippen LogP contribution < -0.4 is 4.74 Å². The Hall–Kier alpha value is -0.500. The highest BCUT2D eigenvalue weighted by Gasteiger charge is 2.19. The number of nitrogens with zero attached hydrogens (tertiary/aromatic N) is 1. The van der Waals surface area contributed by atoms with Gasteiger partial charge in [-0.2, -0.15) is 0 Å². The van der Waals surface area contributed by atoms with Crippen LogP contribution in [0.25, 0.3) is 0 Å². The van der Waals surface area contributed by atoms with Crippen LogP contribution in [0.5, 0.6) is 5.75 Å². The van der Waals surface area contributed by atoms with Gasteiger partial charge in [-0.25, -0.2) is 0 Å². The highest BCUT2D eigenvalue weighted by molar-refractivity contribution is 14.1. The maximum absolute atomic E-state index is 10.6. The molecule has 0 heterocycles. The van der Waals surface area contributed by atoms with E-state index in [9.17, 15) is 10.1 Å². The van der Waals surface area contributed by atoms with E-state index in [1.54, 1.807) is 12.1 Å². The van der Waals surface area contributed by atoms with Gasteiger partial charge in [-0.3, -0.25) is 10.1 Å². The minimum absolute atomic E-state index is 0.0914. The number of rotatable bonds is 2. The second-order valence-electron chi connectivity index (χ2n) is 2.23. The lowest BCUT2D eigenvalue weighted by atomic mass is 10.3. The van der Waals surface area contributed by atoms with Crippen molar-refractivity contribution in [1.29, 1.82) is 0 Å². The van der Waals surface area contributed by atoms with Crippen molar-refractivity contribution in [1.82, 2.24) is 0 Å². The molecule has 0 amide bonds. The second kappa shape index (κ2) is 4.14. The first-order chi connectivity index (χ1) is 6.06. The fourth-order valence-electron chi connectivity index (χ4n) is 0.900. The fourth-order valence-corrected chi connectivity index (χ4v) is 2.07. The minimum Gasteiger partial charge on any atom is -0.490 e. The monoisotopic (exact) mass is 311 g/mol. The zero-order chi connectivity index (χ0) is 10.0. The second-order valence-corrected chi connectivity index (χ2v) is 3.96. The average molecular weight is 311 g/mol. The molecule has 0 unspecified atom stereocenters. The van der Waals surface area contributed by atoms with Crippen LogP contribution in [0, 0.1) is 13.7 Å². The van der Waals surface area contributed by atoms with Crippen molar-refractivity contribution in [2.45, 2.75) is 4.90 Å². The topological polar surface area (TPSA) is 52.4 Å². The van der Waals surface area contributed by atoms with Crippen molar-refractivity contribution < 1.29 is 9.66 Å². The summed E-state index contributed by atoms with van der Waals surface area (Å²) < 4.78 is 5.72. The summed E-state index contributed by atoms with van der Waals surface area (Å²) in [4.78, 5) is 10.4. The first-order valence-electron chi connectivity index (χ1n) is 3.27. The van der Waals surface area contributed by atoms with E-state index < -0.39 is 4.92 Å². The van der Waals surface area contributed by atoms with Gasteiger partial charge in [-0.05, 0) is 28.7 Å². The molecule has 0 saturated carbocycles. The molecule has 1 rings (SSSR count). The van der Waals surface area contributed by atoms with Crippen molar-refractivity contribution in [2.75, 3.05) is 7.11 Å². The molecule has 0 aliphatic rings. The molecular weight excluding hydrogens is 305 g/mol. The molecule has 0 aliphatic heterocycles. The molecule has 0 radical (unpaired) electrons. The number of nitro groups is 1. The number of thiol groups is 1. The average Bonchev–Trinajstić information content (AvgIpc) is 2.01. The van der Waals surface area contributed by atoms with Crippen LogP contribution in [0.4, 0.5) is 5.69 Å². The highest BCUT2D eigenvalue weighted by Crippen LogP contribution is 2.34. The number of halogens is 1. The molecule has 0 N–H and O–H groups in total. The summed E-state index contributed by atoms with van der Waals surface area (Å²) in [6.07, 6.45) is 0. The van der Waals surface area contributed by atoms with Crippen molar-refractivity contribution in [3.05, 3.63) is 25.8 Å². The van der Waals surface area contributed by atoms with E-state index in [1.807, 2.05) is 22.6 Å². The van der Waals surface area contributed by atoms with Crippen LogP contribution in [0.2, 0.25) is 0 Å². The molecule has 0 spiro atoms. The fraction of sp³-hybridized carbons (Fsp3) is 0.143. The van der Waals surface area contributed by atoms with E-state index in [2.05, 4.69) is 12.6 Å². The number of hydrogen-bond donors (Lipinski definition) is 1. The first kappa shape index (κ1) is 10.6. The minimum atomic E-state index is -0.503. The van der Waals surface area contributed by atoms with Gasteiger partial charge in [0.1, 0.15) is 0 Å². The molecule has 0 saturated heterocycles. The Labute approximate surface area is 94.0 Å². The third kappa shape index (κ3) is 2.25. The lowest BCUT2D eigenvalue weighted by Crippen LogP contribution is -1.95. The Morgan fingerprint density at radius 2 is 2.23 bits per heavy atom. The van der Waals surface area contributed by atoms with Gasteiger partial charge in [0.25, 0.3) is 0 Å². The van der Waals surface area contributed by atoms with Crippen molar-refractivity contribution in [3.63, 3.8) is 0 Å². The molecule has 70 valence electrons. The summed E-state index contributed by atoms with van der Waals surface area (Å²) >= 11 is 6.05. The number of ether oxygens (including phenoxy) is 1. The quantitative estimate of drug-likeness (QED) is 0.395. The molecular formula is C7H6INO3S. The van der Waals surface area contributed by atoms with Gasteiger partial charge in [0, 0.05) is 9.64 Å². The smallest absolute Gasteiger partial charge is 0.324 e. The standard InChI is InChI=1S/C7H6INO3S/c1-12-5-2-4(8)3-6(13)7(5)9(10)11/h2-3,13H,1H3. The van der Waals surface area contributed by atoms with Gasteiger partial charge in [0.05, 0.1) is 16.9 Å². The van der Waals surface area contributed by atoms with Crippen LogP contribution >= 0.6 is 35.2 Å². The molecule has 0 aliphatic carbocycles. The number of benzene rings is 1. The third-order valence-electron chi connectivity index (χ3n) is 1.42. The SMILES string of the molecule is COc1cc(I)cc(S)c1[N+](=O)[O-]. The summed E-state index contributed by atoms with van der Waals surface area (Å²) in [7, 11) is 1.39. The third-order valence-corrected chi connectivity index (χ3v) is 2.39. The maximum atomic E-state index is 10.6. The molecule has 1 aromatic carbocycles. The van der Waals surface area contributed by atoms with Gasteiger partial charge >= 0.3 is 5.69 Å². The van der Waals surface area contributed by atoms with E-state index in [1.165, 1.54) is 7.11 Å². The van der Waals surface area contributed by atoms with Gasteiger partial charge < -0.3 is 4.74 Å². The maximum Gasteiger partial charge on any atom is 0.324 e. The Morgan fingerprint density at radius 1 is 1.62 bits per heavy atom.